The summed E-state index contributed by atoms with van der Waals surface area (Å²) in [4.78, 5) is 0. The van der Waals surface area contributed by atoms with Gasteiger partial charge in [0.15, 0.2) is 0 Å². The third-order valence-electron chi connectivity index (χ3n) is 4.32. The van der Waals surface area contributed by atoms with Gasteiger partial charge in [0.05, 0.1) is 0 Å². The summed E-state index contributed by atoms with van der Waals surface area (Å²) < 4.78 is 6.16. The highest BCUT2D eigenvalue weighted by Crippen LogP contribution is 2.38. The SMILES string of the molecule is C/C=C\c1c(N)cc2oc3c4ccccc4ccc3c2c1C. The Kier molecular flexibility index (Phi) is 2.73. The molecule has 4 aromatic rings. The minimum atomic E-state index is 0.756. The van der Waals surface area contributed by atoms with Crippen LogP contribution in [0, 0.1) is 6.92 Å². The van der Waals surface area contributed by atoms with Crippen LogP contribution < -0.4 is 5.73 Å². The molecule has 108 valence electrons. The van der Waals surface area contributed by atoms with Gasteiger partial charge in [0.1, 0.15) is 11.2 Å². The van der Waals surface area contributed by atoms with Crippen molar-refractivity contribution in [2.45, 2.75) is 13.8 Å². The van der Waals surface area contributed by atoms with Crippen molar-refractivity contribution < 1.29 is 4.42 Å². The fraction of sp³-hybridized carbons (Fsp3) is 0.100. The molecule has 0 amide bonds. The molecule has 1 heterocycles. The second-order valence-electron chi connectivity index (χ2n) is 5.64. The van der Waals surface area contributed by atoms with E-state index >= 15 is 0 Å². The molecule has 2 nitrogen and oxygen atoms in total. The lowest BCUT2D eigenvalue weighted by molar-refractivity contribution is 0.672. The van der Waals surface area contributed by atoms with Crippen molar-refractivity contribution >= 4 is 44.5 Å². The van der Waals surface area contributed by atoms with Gasteiger partial charge in [-0.1, -0.05) is 42.5 Å². The van der Waals surface area contributed by atoms with E-state index in [1.807, 2.05) is 31.2 Å². The molecule has 0 bridgehead atoms. The van der Waals surface area contributed by atoms with Crippen LogP contribution in [0.2, 0.25) is 0 Å². The largest absolute Gasteiger partial charge is 0.455 e. The minimum absolute atomic E-state index is 0.756. The zero-order chi connectivity index (χ0) is 15.3. The van der Waals surface area contributed by atoms with E-state index in [-0.39, 0.29) is 0 Å². The zero-order valence-corrected chi connectivity index (χ0v) is 12.7. The van der Waals surface area contributed by atoms with Crippen LogP contribution >= 0.6 is 0 Å². The molecule has 0 spiro atoms. The predicted octanol–water partition coefficient (Wildman–Crippen LogP) is 5.66. The molecule has 2 heteroatoms. The van der Waals surface area contributed by atoms with E-state index in [0.717, 1.165) is 38.6 Å². The molecular weight excluding hydrogens is 270 g/mol. The first-order chi connectivity index (χ1) is 10.7. The Morgan fingerprint density at radius 3 is 2.68 bits per heavy atom. The Balaban J connectivity index is 2.23. The molecular formula is C20H17NO. The Bertz CT molecular complexity index is 1050. The van der Waals surface area contributed by atoms with Crippen LogP contribution in [-0.4, -0.2) is 0 Å². The number of aryl methyl sites for hydroxylation is 1. The highest BCUT2D eigenvalue weighted by molar-refractivity contribution is 6.16. The number of anilines is 1. The van der Waals surface area contributed by atoms with Gasteiger partial charge in [-0.2, -0.15) is 0 Å². The van der Waals surface area contributed by atoms with Gasteiger partial charge < -0.3 is 10.2 Å². The van der Waals surface area contributed by atoms with Crippen molar-refractivity contribution in [3.8, 4) is 0 Å². The standard InChI is InChI=1S/C20H17NO/c1-3-6-14-12(2)19-16-10-9-13-7-4-5-8-15(13)20(16)22-18(19)11-17(14)21/h3-11H,21H2,1-2H3/b6-3-. The molecule has 0 atom stereocenters. The lowest BCUT2D eigenvalue weighted by atomic mass is 9.98. The topological polar surface area (TPSA) is 39.2 Å². The number of allylic oxidation sites excluding steroid dienone is 1. The number of benzene rings is 3. The highest BCUT2D eigenvalue weighted by Gasteiger charge is 2.15. The lowest BCUT2D eigenvalue weighted by Gasteiger charge is -2.06. The monoisotopic (exact) mass is 287 g/mol. The third-order valence-corrected chi connectivity index (χ3v) is 4.32. The van der Waals surface area contributed by atoms with Gasteiger partial charge in [-0.3, -0.25) is 0 Å². The summed E-state index contributed by atoms with van der Waals surface area (Å²) in [5, 5.41) is 4.63. The quantitative estimate of drug-likeness (QED) is 0.458. The summed E-state index contributed by atoms with van der Waals surface area (Å²) >= 11 is 0. The van der Waals surface area contributed by atoms with Crippen molar-refractivity contribution in [2.24, 2.45) is 0 Å². The van der Waals surface area contributed by atoms with Crippen LogP contribution in [0.15, 0.2) is 53.0 Å². The van der Waals surface area contributed by atoms with E-state index in [9.17, 15) is 0 Å². The maximum atomic E-state index is 6.20. The molecule has 1 aromatic heterocycles. The normalized spacial score (nSPS) is 12.1. The number of hydrogen-bond donors (Lipinski definition) is 1. The number of nitrogen functional groups attached to an aromatic ring is 1. The summed E-state index contributed by atoms with van der Waals surface area (Å²) in [5.74, 6) is 0. The minimum Gasteiger partial charge on any atom is -0.455 e. The van der Waals surface area contributed by atoms with Crippen molar-refractivity contribution in [3.05, 3.63) is 59.7 Å². The predicted molar refractivity (Wildman–Crippen MR) is 95.1 cm³/mol. The highest BCUT2D eigenvalue weighted by atomic mass is 16.3. The number of rotatable bonds is 1. The maximum Gasteiger partial charge on any atom is 0.143 e. The first-order valence-corrected chi connectivity index (χ1v) is 7.46. The maximum absolute atomic E-state index is 6.20. The van der Waals surface area contributed by atoms with Gasteiger partial charge in [0.25, 0.3) is 0 Å². The lowest BCUT2D eigenvalue weighted by Crippen LogP contribution is -1.92. The third kappa shape index (κ3) is 1.67. The van der Waals surface area contributed by atoms with Crippen LogP contribution in [-0.2, 0) is 0 Å². The van der Waals surface area contributed by atoms with Gasteiger partial charge in [0, 0.05) is 33.5 Å². The number of hydrogen-bond acceptors (Lipinski definition) is 2. The van der Waals surface area contributed by atoms with Gasteiger partial charge >= 0.3 is 0 Å². The molecule has 0 aliphatic heterocycles. The van der Waals surface area contributed by atoms with Crippen LogP contribution in [0.3, 0.4) is 0 Å². The van der Waals surface area contributed by atoms with E-state index < -0.39 is 0 Å². The zero-order valence-electron chi connectivity index (χ0n) is 12.7. The Labute approximate surface area is 128 Å². The number of furan rings is 1. The first kappa shape index (κ1) is 13.0. The molecule has 0 fully saturated rings. The van der Waals surface area contributed by atoms with Crippen molar-refractivity contribution in [2.75, 3.05) is 5.73 Å². The second kappa shape index (κ2) is 4.63. The number of fused-ring (bicyclic) bond motifs is 5. The first-order valence-electron chi connectivity index (χ1n) is 7.46. The van der Waals surface area contributed by atoms with Crippen LogP contribution in [0.1, 0.15) is 18.1 Å². The Morgan fingerprint density at radius 2 is 1.86 bits per heavy atom. The molecule has 0 radical (unpaired) electrons. The summed E-state index contributed by atoms with van der Waals surface area (Å²) in [6.45, 7) is 4.11. The molecule has 0 aliphatic carbocycles. The summed E-state index contributed by atoms with van der Waals surface area (Å²) in [6.07, 6.45) is 4.08. The van der Waals surface area contributed by atoms with E-state index in [2.05, 4.69) is 37.3 Å². The second-order valence-corrected chi connectivity index (χ2v) is 5.64. The van der Waals surface area contributed by atoms with E-state index in [1.54, 1.807) is 0 Å². The van der Waals surface area contributed by atoms with E-state index in [1.165, 1.54) is 10.9 Å². The number of nitrogens with two attached hydrogens (primary N) is 1. The summed E-state index contributed by atoms with van der Waals surface area (Å²) in [5.41, 5.74) is 11.0. The molecule has 0 saturated carbocycles. The summed E-state index contributed by atoms with van der Waals surface area (Å²) in [6, 6.07) is 14.5. The fourth-order valence-corrected chi connectivity index (χ4v) is 3.29. The fourth-order valence-electron chi connectivity index (χ4n) is 3.29. The molecule has 0 unspecified atom stereocenters. The van der Waals surface area contributed by atoms with Crippen LogP contribution in [0.5, 0.6) is 0 Å². The Hall–Kier alpha value is -2.74. The van der Waals surface area contributed by atoms with Crippen LogP contribution in [0.4, 0.5) is 5.69 Å². The van der Waals surface area contributed by atoms with Gasteiger partial charge in [-0.15, -0.1) is 0 Å². The van der Waals surface area contributed by atoms with Crippen molar-refractivity contribution in [1.82, 2.24) is 0 Å². The Morgan fingerprint density at radius 1 is 1.05 bits per heavy atom. The van der Waals surface area contributed by atoms with Gasteiger partial charge in [-0.05, 0) is 30.9 Å². The van der Waals surface area contributed by atoms with E-state index in [0.29, 0.717) is 0 Å². The molecule has 4 rings (SSSR count). The van der Waals surface area contributed by atoms with Gasteiger partial charge in [0.2, 0.25) is 0 Å². The molecule has 0 saturated heterocycles. The van der Waals surface area contributed by atoms with Crippen LogP contribution in [0.25, 0.3) is 38.8 Å². The smallest absolute Gasteiger partial charge is 0.143 e. The molecule has 22 heavy (non-hydrogen) atoms. The molecule has 2 N–H and O–H groups in total. The van der Waals surface area contributed by atoms with Gasteiger partial charge in [-0.25, -0.2) is 0 Å². The molecule has 3 aromatic carbocycles. The average molecular weight is 287 g/mol. The molecule has 0 aliphatic rings. The average Bonchev–Trinajstić information content (AvgIpc) is 2.90. The van der Waals surface area contributed by atoms with Crippen molar-refractivity contribution in [1.29, 1.82) is 0 Å². The van der Waals surface area contributed by atoms with E-state index in [4.69, 9.17) is 10.2 Å². The van der Waals surface area contributed by atoms with Crippen molar-refractivity contribution in [3.63, 3.8) is 0 Å². The summed E-state index contributed by atoms with van der Waals surface area (Å²) in [7, 11) is 0.